The van der Waals surface area contributed by atoms with Gasteiger partial charge in [0.05, 0.1) is 16.3 Å². The van der Waals surface area contributed by atoms with Gasteiger partial charge < -0.3 is 5.32 Å². The normalized spacial score (nSPS) is 11.4. The zero-order chi connectivity index (χ0) is 25.2. The van der Waals surface area contributed by atoms with Crippen molar-refractivity contribution in [3.63, 3.8) is 0 Å². The van der Waals surface area contributed by atoms with E-state index in [0.29, 0.717) is 16.9 Å². The third kappa shape index (κ3) is 4.96. The van der Waals surface area contributed by atoms with Gasteiger partial charge in [-0.15, -0.1) is 0 Å². The van der Waals surface area contributed by atoms with Gasteiger partial charge in [-0.2, -0.15) is 0 Å². The minimum absolute atomic E-state index is 0.0318. The van der Waals surface area contributed by atoms with Crippen molar-refractivity contribution in [1.82, 2.24) is 14.1 Å². The van der Waals surface area contributed by atoms with Crippen LogP contribution in [-0.4, -0.2) is 23.7 Å². The van der Waals surface area contributed by atoms with Crippen LogP contribution in [0.25, 0.3) is 5.69 Å². The van der Waals surface area contributed by atoms with Crippen LogP contribution in [-0.2, 0) is 23.6 Å². The lowest BCUT2D eigenvalue weighted by Gasteiger charge is -2.11. The van der Waals surface area contributed by atoms with Crippen LogP contribution in [0.2, 0.25) is 0 Å². The number of anilines is 1. The lowest BCUT2D eigenvalue weighted by molar-refractivity contribution is 0.102. The van der Waals surface area contributed by atoms with Gasteiger partial charge in [-0.3, -0.25) is 14.3 Å². The molecular formula is C26H26N4O4S. The summed E-state index contributed by atoms with van der Waals surface area (Å²) in [4.78, 5) is 26.3. The molecule has 0 bridgehead atoms. The average molecular weight is 491 g/mol. The molecule has 2 N–H and O–H groups in total. The monoisotopic (exact) mass is 490 g/mol. The fourth-order valence-electron chi connectivity index (χ4n) is 3.76. The molecule has 0 radical (unpaired) electrons. The second kappa shape index (κ2) is 9.73. The van der Waals surface area contributed by atoms with Crippen LogP contribution >= 0.6 is 0 Å². The summed E-state index contributed by atoms with van der Waals surface area (Å²) in [5.41, 5.74) is 2.56. The molecular weight excluding hydrogens is 464 g/mol. The summed E-state index contributed by atoms with van der Waals surface area (Å²) in [6.45, 7) is 3.57. The number of nitrogens with one attached hydrogen (secondary N) is 2. The maximum Gasteiger partial charge on any atom is 0.295 e. The van der Waals surface area contributed by atoms with Gasteiger partial charge in [0.25, 0.3) is 11.5 Å². The molecule has 0 aliphatic carbocycles. The number of sulfonamides is 1. The number of hydrogen-bond acceptors (Lipinski definition) is 4. The van der Waals surface area contributed by atoms with E-state index in [2.05, 4.69) is 10.0 Å². The van der Waals surface area contributed by atoms with E-state index >= 15 is 0 Å². The molecule has 4 rings (SSSR count). The maximum absolute atomic E-state index is 13.2. The predicted molar refractivity (Wildman–Crippen MR) is 135 cm³/mol. The van der Waals surface area contributed by atoms with Gasteiger partial charge >= 0.3 is 0 Å². The number of rotatable bonds is 7. The van der Waals surface area contributed by atoms with Gasteiger partial charge in [0.15, 0.2) is 0 Å². The lowest BCUT2D eigenvalue weighted by atomic mass is 10.1. The van der Waals surface area contributed by atoms with Crippen LogP contribution in [0.4, 0.5) is 5.69 Å². The number of amides is 1. The Hall–Kier alpha value is -3.95. The molecule has 1 aromatic heterocycles. The van der Waals surface area contributed by atoms with Crippen molar-refractivity contribution in [3.05, 3.63) is 112 Å². The molecule has 1 amide bonds. The summed E-state index contributed by atoms with van der Waals surface area (Å²) in [5.74, 6) is -0.561. The molecule has 8 nitrogen and oxygen atoms in total. The second-order valence-corrected chi connectivity index (χ2v) is 9.94. The van der Waals surface area contributed by atoms with Crippen molar-refractivity contribution in [2.75, 3.05) is 5.32 Å². The van der Waals surface area contributed by atoms with E-state index < -0.39 is 15.9 Å². The fraction of sp³-hybridized carbons (Fsp3) is 0.154. The number of carbonyl (C=O) groups excluding carboxylic acids is 1. The van der Waals surface area contributed by atoms with Crippen molar-refractivity contribution in [2.24, 2.45) is 7.05 Å². The first-order valence-corrected chi connectivity index (χ1v) is 12.5. The summed E-state index contributed by atoms with van der Waals surface area (Å²) < 4.78 is 31.4. The first kappa shape index (κ1) is 24.2. The standard InChI is InChI=1S/C26H26N4O4S/c1-18-14-15-22(35(33,34)27-17-20-10-6-4-7-11-20)16-23(18)25(31)28-24-19(2)29(3)30(26(24)32)21-12-8-5-9-13-21/h4-16,27H,17H2,1-3H3,(H,28,31). The Kier molecular flexibility index (Phi) is 6.72. The Morgan fingerprint density at radius 1 is 0.914 bits per heavy atom. The zero-order valence-electron chi connectivity index (χ0n) is 19.6. The molecule has 0 fully saturated rings. The zero-order valence-corrected chi connectivity index (χ0v) is 20.5. The van der Waals surface area contributed by atoms with Gasteiger partial charge in [0.2, 0.25) is 10.0 Å². The average Bonchev–Trinajstić information content (AvgIpc) is 3.07. The largest absolute Gasteiger partial charge is 0.316 e. The third-order valence-corrected chi connectivity index (χ3v) is 7.26. The van der Waals surface area contributed by atoms with E-state index in [4.69, 9.17) is 0 Å². The van der Waals surface area contributed by atoms with Crippen molar-refractivity contribution in [3.8, 4) is 5.69 Å². The van der Waals surface area contributed by atoms with E-state index in [9.17, 15) is 18.0 Å². The van der Waals surface area contributed by atoms with E-state index in [-0.39, 0.29) is 28.3 Å². The number of nitrogens with zero attached hydrogens (tertiary/aromatic N) is 2. The molecule has 4 aromatic rings. The first-order valence-electron chi connectivity index (χ1n) is 11.0. The smallest absolute Gasteiger partial charge is 0.295 e. The molecule has 0 aliphatic heterocycles. The molecule has 3 aromatic carbocycles. The molecule has 180 valence electrons. The van der Waals surface area contributed by atoms with E-state index in [1.807, 2.05) is 48.5 Å². The Morgan fingerprint density at radius 2 is 1.54 bits per heavy atom. The number of carbonyl (C=O) groups is 1. The van der Waals surface area contributed by atoms with Crippen molar-refractivity contribution in [2.45, 2.75) is 25.3 Å². The molecule has 0 unspecified atom stereocenters. The highest BCUT2D eigenvalue weighted by Crippen LogP contribution is 2.19. The van der Waals surface area contributed by atoms with Gasteiger partial charge in [0, 0.05) is 19.2 Å². The van der Waals surface area contributed by atoms with Crippen LogP contribution in [0.3, 0.4) is 0 Å². The summed E-state index contributed by atoms with van der Waals surface area (Å²) in [6.07, 6.45) is 0. The Balaban J connectivity index is 1.62. The van der Waals surface area contributed by atoms with Gasteiger partial charge in [-0.25, -0.2) is 17.8 Å². The molecule has 0 atom stereocenters. The fourth-order valence-corrected chi connectivity index (χ4v) is 4.81. The number of hydrogen-bond donors (Lipinski definition) is 2. The lowest BCUT2D eigenvalue weighted by Crippen LogP contribution is -2.25. The molecule has 1 heterocycles. The Labute approximate surface area is 203 Å². The minimum atomic E-state index is -3.86. The molecule has 35 heavy (non-hydrogen) atoms. The second-order valence-electron chi connectivity index (χ2n) is 8.18. The van der Waals surface area contributed by atoms with Crippen molar-refractivity contribution < 1.29 is 13.2 Å². The third-order valence-electron chi connectivity index (χ3n) is 5.87. The highest BCUT2D eigenvalue weighted by molar-refractivity contribution is 7.89. The van der Waals surface area contributed by atoms with Gasteiger partial charge in [-0.1, -0.05) is 54.6 Å². The van der Waals surface area contributed by atoms with Crippen LogP contribution < -0.4 is 15.6 Å². The van der Waals surface area contributed by atoms with Crippen molar-refractivity contribution in [1.29, 1.82) is 0 Å². The minimum Gasteiger partial charge on any atom is -0.316 e. The Bertz CT molecular complexity index is 1540. The molecule has 0 saturated heterocycles. The summed E-state index contributed by atoms with van der Waals surface area (Å²) in [6, 6.07) is 22.6. The highest BCUT2D eigenvalue weighted by Gasteiger charge is 2.22. The highest BCUT2D eigenvalue weighted by atomic mass is 32.2. The molecule has 9 heteroatoms. The van der Waals surface area contributed by atoms with Crippen molar-refractivity contribution >= 4 is 21.6 Å². The summed E-state index contributed by atoms with van der Waals surface area (Å²) in [5, 5.41) is 2.69. The van der Waals surface area contributed by atoms with Crippen LogP contribution in [0.15, 0.2) is 88.6 Å². The van der Waals surface area contributed by atoms with E-state index in [1.54, 1.807) is 43.8 Å². The quantitative estimate of drug-likeness (QED) is 0.414. The molecule has 0 aliphatic rings. The van der Waals surface area contributed by atoms with Crippen LogP contribution in [0.1, 0.15) is 27.2 Å². The number of benzene rings is 3. The Morgan fingerprint density at radius 3 is 2.20 bits per heavy atom. The number of aryl methyl sites for hydroxylation is 1. The summed E-state index contributed by atoms with van der Waals surface area (Å²) in [7, 11) is -2.13. The van der Waals surface area contributed by atoms with Crippen LogP contribution in [0.5, 0.6) is 0 Å². The molecule has 0 saturated carbocycles. The topological polar surface area (TPSA) is 102 Å². The van der Waals surface area contributed by atoms with E-state index in [0.717, 1.165) is 5.56 Å². The van der Waals surface area contributed by atoms with Gasteiger partial charge in [-0.05, 0) is 49.2 Å². The van der Waals surface area contributed by atoms with Gasteiger partial charge in [0.1, 0.15) is 5.69 Å². The van der Waals surface area contributed by atoms with Crippen LogP contribution in [0, 0.1) is 13.8 Å². The predicted octanol–water partition coefficient (Wildman–Crippen LogP) is 3.52. The SMILES string of the molecule is Cc1ccc(S(=O)(=O)NCc2ccccc2)cc1C(=O)Nc1c(C)n(C)n(-c2ccccc2)c1=O. The first-order chi connectivity index (χ1) is 16.7. The molecule has 0 spiro atoms. The number of para-hydroxylation sites is 1. The number of aromatic nitrogens is 2. The van der Waals surface area contributed by atoms with E-state index in [1.165, 1.54) is 16.8 Å². The maximum atomic E-state index is 13.2. The summed E-state index contributed by atoms with van der Waals surface area (Å²) >= 11 is 0.